The molecule has 2 N–H and O–H groups in total. The molecule has 0 aliphatic carbocycles. The van der Waals surface area contributed by atoms with Crippen molar-refractivity contribution in [2.45, 2.75) is 25.9 Å². The van der Waals surface area contributed by atoms with E-state index < -0.39 is 0 Å². The molecule has 7 heteroatoms. The first-order chi connectivity index (χ1) is 8.51. The Labute approximate surface area is 108 Å². The normalized spacial score (nSPS) is 19.3. The zero-order chi connectivity index (χ0) is 13.2. The van der Waals surface area contributed by atoms with E-state index in [9.17, 15) is 0 Å². The number of nitrogens with two attached hydrogens (primary N) is 1. The number of aryl methyl sites for hydroxylation is 1. The van der Waals surface area contributed by atoms with Crippen molar-refractivity contribution in [1.82, 2.24) is 30.0 Å². The summed E-state index contributed by atoms with van der Waals surface area (Å²) in [7, 11) is 1.79. The Morgan fingerprint density at radius 3 is 2.39 bits per heavy atom. The summed E-state index contributed by atoms with van der Waals surface area (Å²) < 4.78 is 0. The van der Waals surface area contributed by atoms with Gasteiger partial charge in [0.15, 0.2) is 5.82 Å². The molecule has 18 heavy (non-hydrogen) atoms. The van der Waals surface area contributed by atoms with Gasteiger partial charge in [-0.15, -0.1) is 10.2 Å². The van der Waals surface area contributed by atoms with Gasteiger partial charge in [-0.25, -0.2) is 0 Å². The number of tetrazole rings is 1. The zero-order valence-corrected chi connectivity index (χ0v) is 11.5. The fraction of sp³-hybridized carbons (Fsp3) is 0.909. The van der Waals surface area contributed by atoms with Crippen LogP contribution in [0.25, 0.3) is 0 Å². The highest BCUT2D eigenvalue weighted by Crippen LogP contribution is 2.16. The van der Waals surface area contributed by atoms with Gasteiger partial charge < -0.3 is 5.73 Å². The first-order valence-corrected chi connectivity index (χ1v) is 6.41. The summed E-state index contributed by atoms with van der Waals surface area (Å²) in [5, 5.41) is 12.1. The molecule has 0 unspecified atom stereocenters. The van der Waals surface area contributed by atoms with Gasteiger partial charge in [0.2, 0.25) is 0 Å². The van der Waals surface area contributed by atoms with Crippen LogP contribution in [0.15, 0.2) is 0 Å². The average Bonchev–Trinajstić information content (AvgIpc) is 2.75. The molecule has 7 nitrogen and oxygen atoms in total. The van der Waals surface area contributed by atoms with Crippen LogP contribution in [0, 0.1) is 0 Å². The molecule has 0 saturated carbocycles. The third-order valence-electron chi connectivity index (χ3n) is 3.64. The standard InChI is InChI=1S/C11H23N7/c1-11(2,9-12)18-6-4-17(5-7-18)8-10-13-15-16(3)14-10/h4-9,12H2,1-3H3. The third kappa shape index (κ3) is 3.04. The van der Waals surface area contributed by atoms with E-state index in [0.717, 1.165) is 38.5 Å². The third-order valence-corrected chi connectivity index (χ3v) is 3.64. The van der Waals surface area contributed by atoms with Crippen LogP contribution in [0.3, 0.4) is 0 Å². The SMILES string of the molecule is Cn1nnc(CN2CCN(C(C)(C)CN)CC2)n1. The van der Waals surface area contributed by atoms with Crippen molar-refractivity contribution in [3.63, 3.8) is 0 Å². The Morgan fingerprint density at radius 2 is 1.89 bits per heavy atom. The summed E-state index contributed by atoms with van der Waals surface area (Å²) in [6.07, 6.45) is 0. The van der Waals surface area contributed by atoms with Crippen LogP contribution >= 0.6 is 0 Å². The monoisotopic (exact) mass is 253 g/mol. The number of nitrogens with zero attached hydrogens (tertiary/aromatic N) is 6. The molecule has 1 aliphatic rings. The molecule has 2 heterocycles. The first-order valence-electron chi connectivity index (χ1n) is 6.41. The quantitative estimate of drug-likeness (QED) is 0.747. The minimum Gasteiger partial charge on any atom is -0.329 e. The fourth-order valence-corrected chi connectivity index (χ4v) is 2.23. The van der Waals surface area contributed by atoms with E-state index in [1.54, 1.807) is 7.05 Å². The fourth-order valence-electron chi connectivity index (χ4n) is 2.23. The molecule has 2 rings (SSSR count). The maximum absolute atomic E-state index is 5.81. The van der Waals surface area contributed by atoms with Crippen LogP contribution in [0.1, 0.15) is 19.7 Å². The van der Waals surface area contributed by atoms with E-state index in [1.165, 1.54) is 4.80 Å². The van der Waals surface area contributed by atoms with Gasteiger partial charge in [0.25, 0.3) is 0 Å². The molecule has 0 bridgehead atoms. The van der Waals surface area contributed by atoms with Crippen LogP contribution < -0.4 is 5.73 Å². The molecule has 1 aromatic rings. The lowest BCUT2D eigenvalue weighted by atomic mass is 10.0. The van der Waals surface area contributed by atoms with E-state index >= 15 is 0 Å². The lowest BCUT2D eigenvalue weighted by Crippen LogP contribution is -2.57. The van der Waals surface area contributed by atoms with Crippen LogP contribution in [-0.4, -0.2) is 68.3 Å². The Morgan fingerprint density at radius 1 is 1.22 bits per heavy atom. The lowest BCUT2D eigenvalue weighted by molar-refractivity contribution is 0.0527. The number of aromatic nitrogens is 4. The van der Waals surface area contributed by atoms with Gasteiger partial charge >= 0.3 is 0 Å². The molecule has 0 radical (unpaired) electrons. The van der Waals surface area contributed by atoms with Crippen molar-refractivity contribution in [1.29, 1.82) is 0 Å². The summed E-state index contributed by atoms with van der Waals surface area (Å²) in [6, 6.07) is 0. The first kappa shape index (κ1) is 13.4. The van der Waals surface area contributed by atoms with Crippen LogP contribution in [0.4, 0.5) is 0 Å². The lowest BCUT2D eigenvalue weighted by Gasteiger charge is -2.43. The summed E-state index contributed by atoms with van der Waals surface area (Å²) >= 11 is 0. The Balaban J connectivity index is 1.83. The average molecular weight is 253 g/mol. The second kappa shape index (κ2) is 5.29. The summed E-state index contributed by atoms with van der Waals surface area (Å²) in [6.45, 7) is 10.0. The van der Waals surface area contributed by atoms with E-state index in [0.29, 0.717) is 6.54 Å². The zero-order valence-electron chi connectivity index (χ0n) is 11.5. The van der Waals surface area contributed by atoms with Gasteiger partial charge in [-0.1, -0.05) is 0 Å². The number of hydrogen-bond donors (Lipinski definition) is 1. The molecule has 1 fully saturated rings. The molecule has 0 spiro atoms. The smallest absolute Gasteiger partial charge is 0.188 e. The molecule has 0 amide bonds. The predicted octanol–water partition coefficient (Wildman–Crippen LogP) is -0.935. The molecular weight excluding hydrogens is 230 g/mol. The molecule has 0 aromatic carbocycles. The minimum atomic E-state index is 0.0941. The van der Waals surface area contributed by atoms with E-state index in [4.69, 9.17) is 5.73 Å². The highest BCUT2D eigenvalue weighted by Gasteiger charge is 2.28. The van der Waals surface area contributed by atoms with Crippen molar-refractivity contribution in [2.75, 3.05) is 32.7 Å². The maximum atomic E-state index is 5.81. The second-order valence-corrected chi connectivity index (χ2v) is 5.47. The second-order valence-electron chi connectivity index (χ2n) is 5.47. The van der Waals surface area contributed by atoms with Crippen molar-refractivity contribution in [2.24, 2.45) is 12.8 Å². The topological polar surface area (TPSA) is 76.1 Å². The molecule has 1 saturated heterocycles. The van der Waals surface area contributed by atoms with Gasteiger partial charge in [0, 0.05) is 38.3 Å². The Bertz CT molecular complexity index is 378. The van der Waals surface area contributed by atoms with Crippen molar-refractivity contribution in [3.8, 4) is 0 Å². The highest BCUT2D eigenvalue weighted by atomic mass is 15.6. The van der Waals surface area contributed by atoms with E-state index in [1.807, 2.05) is 0 Å². The van der Waals surface area contributed by atoms with Crippen LogP contribution in [0.2, 0.25) is 0 Å². The van der Waals surface area contributed by atoms with Crippen LogP contribution in [-0.2, 0) is 13.6 Å². The van der Waals surface area contributed by atoms with Gasteiger partial charge in [-0.05, 0) is 19.1 Å². The molecule has 0 atom stereocenters. The molecule has 1 aromatic heterocycles. The van der Waals surface area contributed by atoms with Crippen molar-refractivity contribution >= 4 is 0 Å². The number of rotatable bonds is 4. The molecular formula is C11H23N7. The predicted molar refractivity (Wildman–Crippen MR) is 68.8 cm³/mol. The molecule has 102 valence electrons. The summed E-state index contributed by atoms with van der Waals surface area (Å²) in [4.78, 5) is 6.32. The summed E-state index contributed by atoms with van der Waals surface area (Å²) in [5.74, 6) is 0.795. The highest BCUT2D eigenvalue weighted by molar-refractivity contribution is 4.87. The van der Waals surface area contributed by atoms with E-state index in [2.05, 4.69) is 39.1 Å². The maximum Gasteiger partial charge on any atom is 0.188 e. The number of hydrogen-bond acceptors (Lipinski definition) is 6. The molecule has 1 aliphatic heterocycles. The van der Waals surface area contributed by atoms with Gasteiger partial charge in [0.05, 0.1) is 13.6 Å². The van der Waals surface area contributed by atoms with E-state index in [-0.39, 0.29) is 5.54 Å². The van der Waals surface area contributed by atoms with Gasteiger partial charge in [-0.3, -0.25) is 9.80 Å². The van der Waals surface area contributed by atoms with Crippen molar-refractivity contribution < 1.29 is 0 Å². The minimum absolute atomic E-state index is 0.0941. The van der Waals surface area contributed by atoms with Gasteiger partial charge in [0.1, 0.15) is 0 Å². The summed E-state index contributed by atoms with van der Waals surface area (Å²) in [5.41, 5.74) is 5.91. The van der Waals surface area contributed by atoms with Gasteiger partial charge in [-0.2, -0.15) is 4.80 Å². The largest absolute Gasteiger partial charge is 0.329 e. The van der Waals surface area contributed by atoms with Crippen molar-refractivity contribution in [3.05, 3.63) is 5.82 Å². The number of piperazine rings is 1. The van der Waals surface area contributed by atoms with Crippen LogP contribution in [0.5, 0.6) is 0 Å². The Kier molecular flexibility index (Phi) is 3.94. The Hall–Kier alpha value is -1.05.